The third-order valence-corrected chi connectivity index (χ3v) is 7.70. The number of carbonyl (C=O) groups is 3. The molecule has 0 saturated heterocycles. The topological polar surface area (TPSA) is 128 Å². The molecule has 0 fully saturated rings. The summed E-state index contributed by atoms with van der Waals surface area (Å²) in [6.07, 6.45) is 0. The van der Waals surface area contributed by atoms with Gasteiger partial charge in [0.1, 0.15) is 10.6 Å². The van der Waals surface area contributed by atoms with Crippen LogP contribution in [-0.2, 0) is 9.53 Å². The molecule has 4 aromatic rings. The molecular formula is C29H25N3O6S2. The smallest absolute Gasteiger partial charge is 0.341 e. The van der Waals surface area contributed by atoms with Crippen molar-refractivity contribution in [3.8, 4) is 11.1 Å². The molecule has 0 bridgehead atoms. The van der Waals surface area contributed by atoms with E-state index in [4.69, 9.17) is 4.74 Å². The summed E-state index contributed by atoms with van der Waals surface area (Å²) in [6, 6.07) is 21.7. The molecule has 2 N–H and O–H groups in total. The van der Waals surface area contributed by atoms with Gasteiger partial charge in [0.25, 0.3) is 11.6 Å². The summed E-state index contributed by atoms with van der Waals surface area (Å²) >= 11 is 2.55. The number of nitrogens with one attached hydrogen (secondary N) is 2. The molecule has 0 aliphatic carbocycles. The summed E-state index contributed by atoms with van der Waals surface area (Å²) in [5.74, 6) is -1.21. The molecule has 0 aliphatic heterocycles. The Morgan fingerprint density at radius 2 is 1.73 bits per heavy atom. The quantitative estimate of drug-likeness (QED) is 0.0914. The van der Waals surface area contributed by atoms with Gasteiger partial charge in [-0.3, -0.25) is 19.7 Å². The van der Waals surface area contributed by atoms with E-state index in [2.05, 4.69) is 10.6 Å². The van der Waals surface area contributed by atoms with Gasteiger partial charge in [0, 0.05) is 39.2 Å². The standard InChI is InChI=1S/C29H25N3O6S2/c1-3-38-29(35)25-24(19-8-5-4-6-9-19)17-39-28(25)31-26(33)18(2)40-23-11-7-10-21(16-23)30-27(34)20-12-14-22(15-13-20)32(36)37/h4-18H,3H2,1-2H3,(H,30,34)(H,31,33). The van der Waals surface area contributed by atoms with Gasteiger partial charge < -0.3 is 15.4 Å². The van der Waals surface area contributed by atoms with E-state index < -0.39 is 22.0 Å². The van der Waals surface area contributed by atoms with Crippen LogP contribution >= 0.6 is 23.1 Å². The fraction of sp³-hybridized carbons (Fsp3) is 0.138. The first-order valence-electron chi connectivity index (χ1n) is 12.2. The lowest BCUT2D eigenvalue weighted by atomic mass is 10.0. The summed E-state index contributed by atoms with van der Waals surface area (Å²) in [5.41, 5.74) is 2.54. The lowest BCUT2D eigenvalue weighted by molar-refractivity contribution is -0.384. The van der Waals surface area contributed by atoms with Crippen LogP contribution in [0.25, 0.3) is 11.1 Å². The largest absolute Gasteiger partial charge is 0.462 e. The number of thioether (sulfide) groups is 1. The Kier molecular flexibility index (Phi) is 9.31. The predicted molar refractivity (Wildman–Crippen MR) is 157 cm³/mol. The van der Waals surface area contributed by atoms with Crippen LogP contribution in [0.5, 0.6) is 0 Å². The molecule has 0 aliphatic rings. The highest BCUT2D eigenvalue weighted by molar-refractivity contribution is 8.00. The van der Waals surface area contributed by atoms with Gasteiger partial charge in [0.2, 0.25) is 5.91 Å². The highest BCUT2D eigenvalue weighted by Gasteiger charge is 2.24. The zero-order valence-electron chi connectivity index (χ0n) is 21.6. The molecule has 9 nitrogen and oxygen atoms in total. The Hall–Kier alpha value is -4.48. The van der Waals surface area contributed by atoms with Crippen LogP contribution in [0.2, 0.25) is 0 Å². The number of rotatable bonds is 10. The summed E-state index contributed by atoms with van der Waals surface area (Å²) < 4.78 is 5.27. The van der Waals surface area contributed by atoms with Crippen LogP contribution in [0.3, 0.4) is 0 Å². The molecule has 0 spiro atoms. The highest BCUT2D eigenvalue weighted by Crippen LogP contribution is 2.37. The Morgan fingerprint density at radius 3 is 2.40 bits per heavy atom. The fourth-order valence-corrected chi connectivity index (χ4v) is 5.63. The van der Waals surface area contributed by atoms with Crippen molar-refractivity contribution in [1.82, 2.24) is 0 Å². The summed E-state index contributed by atoms with van der Waals surface area (Å²) in [4.78, 5) is 49.6. The molecule has 2 amide bonds. The molecule has 0 radical (unpaired) electrons. The van der Waals surface area contributed by atoms with Gasteiger partial charge in [-0.15, -0.1) is 23.1 Å². The molecular weight excluding hydrogens is 550 g/mol. The van der Waals surface area contributed by atoms with Crippen molar-refractivity contribution >= 4 is 57.3 Å². The molecule has 11 heteroatoms. The van der Waals surface area contributed by atoms with Crippen molar-refractivity contribution in [2.75, 3.05) is 17.2 Å². The number of non-ortho nitro benzene ring substituents is 1. The van der Waals surface area contributed by atoms with E-state index in [1.54, 1.807) is 32.0 Å². The second kappa shape index (κ2) is 13.0. The average molecular weight is 576 g/mol. The number of nitro groups is 1. The molecule has 4 rings (SSSR count). The minimum atomic E-state index is -0.530. The number of amides is 2. The number of hydrogen-bond donors (Lipinski definition) is 2. The van der Waals surface area contributed by atoms with E-state index in [9.17, 15) is 24.5 Å². The summed E-state index contributed by atoms with van der Waals surface area (Å²) in [5, 5.41) is 18.2. The van der Waals surface area contributed by atoms with E-state index in [1.165, 1.54) is 47.4 Å². The Bertz CT molecular complexity index is 1540. The fourth-order valence-electron chi connectivity index (χ4n) is 3.74. The normalized spacial score (nSPS) is 11.3. The average Bonchev–Trinajstić information content (AvgIpc) is 3.37. The van der Waals surface area contributed by atoms with Gasteiger partial charge in [0.15, 0.2) is 0 Å². The van der Waals surface area contributed by atoms with Crippen LogP contribution in [-0.4, -0.2) is 34.6 Å². The Labute approximate surface area is 238 Å². The lowest BCUT2D eigenvalue weighted by Gasteiger charge is -2.14. The van der Waals surface area contributed by atoms with Crippen molar-refractivity contribution in [3.05, 3.63) is 105 Å². The molecule has 1 heterocycles. The number of hydrogen-bond acceptors (Lipinski definition) is 8. The minimum absolute atomic E-state index is 0.101. The number of ether oxygens (including phenoxy) is 1. The maximum absolute atomic E-state index is 13.1. The third kappa shape index (κ3) is 6.93. The van der Waals surface area contributed by atoms with Gasteiger partial charge in [-0.25, -0.2) is 4.79 Å². The van der Waals surface area contributed by atoms with E-state index in [0.29, 0.717) is 21.8 Å². The lowest BCUT2D eigenvalue weighted by Crippen LogP contribution is -2.23. The SMILES string of the molecule is CCOC(=O)c1c(-c2ccccc2)csc1NC(=O)C(C)Sc1cccc(NC(=O)c2ccc([N+](=O)[O-])cc2)c1. The van der Waals surface area contributed by atoms with Crippen LogP contribution in [0.4, 0.5) is 16.4 Å². The first kappa shape index (κ1) is 28.5. The second-order valence-corrected chi connectivity index (χ2v) is 10.8. The van der Waals surface area contributed by atoms with Crippen LogP contribution in [0.1, 0.15) is 34.6 Å². The number of esters is 1. The third-order valence-electron chi connectivity index (χ3n) is 5.71. The molecule has 204 valence electrons. The van der Waals surface area contributed by atoms with Gasteiger partial charge in [-0.1, -0.05) is 36.4 Å². The summed E-state index contributed by atoms with van der Waals surface area (Å²) in [7, 11) is 0. The van der Waals surface area contributed by atoms with Crippen LogP contribution < -0.4 is 10.6 Å². The molecule has 0 saturated carbocycles. The second-order valence-electron chi connectivity index (χ2n) is 8.48. The molecule has 1 aromatic heterocycles. The molecule has 3 aromatic carbocycles. The van der Waals surface area contributed by atoms with Crippen molar-refractivity contribution < 1.29 is 24.0 Å². The van der Waals surface area contributed by atoms with Crippen LogP contribution in [0, 0.1) is 10.1 Å². The van der Waals surface area contributed by atoms with Gasteiger partial charge in [-0.05, 0) is 49.7 Å². The van der Waals surface area contributed by atoms with Crippen molar-refractivity contribution in [1.29, 1.82) is 0 Å². The predicted octanol–water partition coefficient (Wildman–Crippen LogP) is 6.87. The number of thiophene rings is 1. The van der Waals surface area contributed by atoms with E-state index in [-0.39, 0.29) is 23.8 Å². The maximum Gasteiger partial charge on any atom is 0.341 e. The zero-order chi connectivity index (χ0) is 28.6. The Morgan fingerprint density at radius 1 is 1.00 bits per heavy atom. The number of benzene rings is 3. The zero-order valence-corrected chi connectivity index (χ0v) is 23.2. The van der Waals surface area contributed by atoms with Gasteiger partial charge >= 0.3 is 5.97 Å². The summed E-state index contributed by atoms with van der Waals surface area (Å²) in [6.45, 7) is 3.68. The first-order chi connectivity index (χ1) is 19.3. The van der Waals surface area contributed by atoms with Crippen LogP contribution in [0.15, 0.2) is 89.1 Å². The highest BCUT2D eigenvalue weighted by atomic mass is 32.2. The van der Waals surface area contributed by atoms with Crippen molar-refractivity contribution in [2.24, 2.45) is 0 Å². The molecule has 1 atom stereocenters. The maximum atomic E-state index is 13.1. The monoisotopic (exact) mass is 575 g/mol. The number of nitro benzene ring substituents is 1. The molecule has 40 heavy (non-hydrogen) atoms. The first-order valence-corrected chi connectivity index (χ1v) is 14.0. The van der Waals surface area contributed by atoms with E-state index in [1.807, 2.05) is 41.8 Å². The van der Waals surface area contributed by atoms with Crippen molar-refractivity contribution in [3.63, 3.8) is 0 Å². The Balaban J connectivity index is 1.44. The van der Waals surface area contributed by atoms with E-state index >= 15 is 0 Å². The van der Waals surface area contributed by atoms with Crippen molar-refractivity contribution in [2.45, 2.75) is 24.0 Å². The number of carbonyl (C=O) groups excluding carboxylic acids is 3. The van der Waals surface area contributed by atoms with E-state index in [0.717, 1.165) is 10.5 Å². The van der Waals surface area contributed by atoms with Gasteiger partial charge in [0.05, 0.1) is 16.8 Å². The number of nitrogens with zero attached hydrogens (tertiary/aromatic N) is 1. The number of anilines is 2. The molecule has 1 unspecified atom stereocenters. The van der Waals surface area contributed by atoms with Gasteiger partial charge in [-0.2, -0.15) is 0 Å². The minimum Gasteiger partial charge on any atom is -0.462 e.